The first-order chi connectivity index (χ1) is 4.72. The first-order valence-corrected chi connectivity index (χ1v) is 3.91. The van der Waals surface area contributed by atoms with E-state index in [-0.39, 0.29) is 4.68 Å². The Kier molecular flexibility index (Phi) is 2.50. The Balaban J connectivity index is 3.15. The molecule has 0 bridgehead atoms. The number of rotatable bonds is 1. The van der Waals surface area contributed by atoms with E-state index in [1.807, 2.05) is 0 Å². The predicted octanol–water partition coefficient (Wildman–Crippen LogP) is 1.65. The molecule has 0 aliphatic carbocycles. The molecule has 0 saturated heterocycles. The van der Waals surface area contributed by atoms with Crippen molar-refractivity contribution in [1.82, 2.24) is 0 Å². The van der Waals surface area contributed by atoms with E-state index in [0.29, 0.717) is 10.6 Å². The summed E-state index contributed by atoms with van der Waals surface area (Å²) >= 11 is 8.05. The molecule has 0 saturated carbocycles. The van der Waals surface area contributed by atoms with Crippen molar-refractivity contribution in [2.24, 2.45) is 0 Å². The van der Waals surface area contributed by atoms with E-state index < -0.39 is 0 Å². The molecule has 0 aliphatic rings. The fraction of sp³-hybridized carbons (Fsp3) is 0. The van der Waals surface area contributed by atoms with Gasteiger partial charge in [0.25, 0.3) is 0 Å². The van der Waals surface area contributed by atoms with Gasteiger partial charge >= 0.3 is 71.9 Å². The van der Waals surface area contributed by atoms with Crippen LogP contribution in [-0.2, 0) is 0 Å². The third-order valence-electron chi connectivity index (χ3n) is 1.09. The van der Waals surface area contributed by atoms with Gasteiger partial charge in [-0.15, -0.1) is 0 Å². The monoisotopic (exact) mass is 219 g/mol. The zero-order valence-electron chi connectivity index (χ0n) is 5.00. The fourth-order valence-electron chi connectivity index (χ4n) is 0.627. The third-order valence-corrected chi connectivity index (χ3v) is 1.88. The van der Waals surface area contributed by atoms with Crippen molar-refractivity contribution in [3.63, 3.8) is 0 Å². The molecule has 0 fully saturated rings. The van der Waals surface area contributed by atoms with Crippen molar-refractivity contribution in [3.8, 4) is 0 Å². The van der Waals surface area contributed by atoms with Crippen molar-refractivity contribution in [2.45, 2.75) is 0 Å². The van der Waals surface area contributed by atoms with Gasteiger partial charge in [-0.25, -0.2) is 0 Å². The van der Waals surface area contributed by atoms with Crippen LogP contribution in [0.4, 0.5) is 0 Å². The molecule has 1 nitrogen and oxygen atoms in total. The second kappa shape index (κ2) is 3.20. The Morgan fingerprint density at radius 3 is 2.40 bits per heavy atom. The molecule has 1 rings (SSSR count). The number of hydrogen-bond acceptors (Lipinski definition) is 1. The second-order valence-corrected chi connectivity index (χ2v) is 2.95. The SMILES string of the molecule is O=C([Se])c1ccccc1Cl. The molecule has 0 N–H and O–H groups in total. The van der Waals surface area contributed by atoms with Gasteiger partial charge in [-0.05, 0) is 0 Å². The topological polar surface area (TPSA) is 17.1 Å². The summed E-state index contributed by atoms with van der Waals surface area (Å²) in [5.74, 6) is 0. The molecule has 10 heavy (non-hydrogen) atoms. The summed E-state index contributed by atoms with van der Waals surface area (Å²) in [6.45, 7) is 0. The van der Waals surface area contributed by atoms with Crippen LogP contribution in [0, 0.1) is 0 Å². The molecule has 3 heteroatoms. The molecule has 0 spiro atoms. The molecule has 1 aromatic rings. The zero-order valence-corrected chi connectivity index (χ0v) is 7.47. The van der Waals surface area contributed by atoms with Gasteiger partial charge < -0.3 is 0 Å². The maximum atomic E-state index is 10.7. The van der Waals surface area contributed by atoms with Gasteiger partial charge in [0.1, 0.15) is 0 Å². The van der Waals surface area contributed by atoms with Gasteiger partial charge in [0.15, 0.2) is 0 Å². The molecule has 1 aromatic carbocycles. The summed E-state index contributed by atoms with van der Waals surface area (Å²) in [7, 11) is 0. The quantitative estimate of drug-likeness (QED) is 0.655. The van der Waals surface area contributed by atoms with Crippen LogP contribution >= 0.6 is 11.6 Å². The molecule has 0 unspecified atom stereocenters. The standard InChI is InChI=1S/C7H4ClOSe/c8-6-4-2-1-3-5(6)7(9)10/h1-4H. The van der Waals surface area contributed by atoms with Crippen molar-refractivity contribution in [3.05, 3.63) is 34.9 Å². The third kappa shape index (κ3) is 1.60. The van der Waals surface area contributed by atoms with Gasteiger partial charge in [-0.2, -0.15) is 0 Å². The Morgan fingerprint density at radius 1 is 1.40 bits per heavy atom. The zero-order chi connectivity index (χ0) is 7.56. The minimum atomic E-state index is -0.120. The van der Waals surface area contributed by atoms with E-state index in [2.05, 4.69) is 16.0 Å². The average Bonchev–Trinajstić information content (AvgIpc) is 1.88. The molecule has 0 heterocycles. The molecular formula is C7H4ClOSe. The number of halogens is 1. The number of carbonyl (C=O) groups is 1. The van der Waals surface area contributed by atoms with Gasteiger partial charge in [-0.1, -0.05) is 0 Å². The van der Waals surface area contributed by atoms with Crippen molar-refractivity contribution in [1.29, 1.82) is 0 Å². The summed E-state index contributed by atoms with van der Waals surface area (Å²) in [4.78, 5) is 10.7. The van der Waals surface area contributed by atoms with Crippen molar-refractivity contribution >= 4 is 32.3 Å². The molecule has 1 radical (unpaired) electrons. The van der Waals surface area contributed by atoms with Crippen LogP contribution in [0.3, 0.4) is 0 Å². The molecular weight excluding hydrogens is 214 g/mol. The Hall–Kier alpha value is -0.301. The number of hydrogen-bond donors (Lipinski definition) is 0. The van der Waals surface area contributed by atoms with Crippen LogP contribution in [0.5, 0.6) is 0 Å². The molecule has 51 valence electrons. The summed E-state index contributed by atoms with van der Waals surface area (Å²) in [6.07, 6.45) is 0. The summed E-state index contributed by atoms with van der Waals surface area (Å²) < 4.78 is -0.120. The Bertz CT molecular complexity index is 260. The molecule has 0 aromatic heterocycles. The predicted molar refractivity (Wildman–Crippen MR) is 41.5 cm³/mol. The average molecular weight is 219 g/mol. The van der Waals surface area contributed by atoms with Gasteiger partial charge in [0.2, 0.25) is 0 Å². The van der Waals surface area contributed by atoms with Crippen molar-refractivity contribution < 1.29 is 4.79 Å². The summed E-state index contributed by atoms with van der Waals surface area (Å²) in [6, 6.07) is 6.93. The van der Waals surface area contributed by atoms with Gasteiger partial charge in [0, 0.05) is 0 Å². The molecule has 0 amide bonds. The Labute approximate surface area is 72.2 Å². The number of carbonyl (C=O) groups excluding carboxylic acids is 1. The van der Waals surface area contributed by atoms with E-state index >= 15 is 0 Å². The van der Waals surface area contributed by atoms with E-state index in [0.717, 1.165) is 0 Å². The van der Waals surface area contributed by atoms with Crippen LogP contribution in [-0.4, -0.2) is 20.7 Å². The fourth-order valence-corrected chi connectivity index (χ4v) is 1.35. The van der Waals surface area contributed by atoms with Crippen LogP contribution in [0.2, 0.25) is 5.02 Å². The van der Waals surface area contributed by atoms with Crippen molar-refractivity contribution in [2.75, 3.05) is 0 Å². The van der Waals surface area contributed by atoms with Crippen LogP contribution < -0.4 is 0 Å². The van der Waals surface area contributed by atoms with E-state index in [1.165, 1.54) is 0 Å². The second-order valence-electron chi connectivity index (χ2n) is 1.77. The molecule has 0 atom stereocenters. The van der Waals surface area contributed by atoms with Gasteiger partial charge in [0.05, 0.1) is 0 Å². The van der Waals surface area contributed by atoms with Gasteiger partial charge in [-0.3, -0.25) is 0 Å². The van der Waals surface area contributed by atoms with Crippen LogP contribution in [0.1, 0.15) is 10.4 Å². The van der Waals surface area contributed by atoms with E-state index in [1.54, 1.807) is 24.3 Å². The number of benzene rings is 1. The first-order valence-electron chi connectivity index (χ1n) is 2.67. The normalized spacial score (nSPS) is 9.30. The summed E-state index contributed by atoms with van der Waals surface area (Å²) in [5.41, 5.74) is 0.532. The van der Waals surface area contributed by atoms with Crippen LogP contribution in [0.15, 0.2) is 24.3 Å². The first kappa shape index (κ1) is 7.80. The Morgan fingerprint density at radius 2 is 2.00 bits per heavy atom. The van der Waals surface area contributed by atoms with E-state index in [4.69, 9.17) is 11.6 Å². The summed E-state index contributed by atoms with van der Waals surface area (Å²) in [5, 5.41) is 0.492. The maximum absolute atomic E-state index is 10.7. The molecule has 0 aliphatic heterocycles. The minimum absolute atomic E-state index is 0.120. The van der Waals surface area contributed by atoms with E-state index in [9.17, 15) is 4.79 Å². The van der Waals surface area contributed by atoms with Crippen LogP contribution in [0.25, 0.3) is 0 Å².